The number of nitrogens with zero attached hydrogens (tertiary/aromatic N) is 2. The van der Waals surface area contributed by atoms with Gasteiger partial charge in [-0.25, -0.2) is 0 Å². The summed E-state index contributed by atoms with van der Waals surface area (Å²) in [5.74, 6) is 0.387. The molecule has 1 atom stereocenters. The summed E-state index contributed by atoms with van der Waals surface area (Å²) < 4.78 is 5.45. The quantitative estimate of drug-likeness (QED) is 0.914. The molecule has 2 heterocycles. The summed E-state index contributed by atoms with van der Waals surface area (Å²) in [4.78, 5) is 16.9. The Kier molecular flexibility index (Phi) is 5.51. The Hall–Kier alpha value is -1.59. The highest BCUT2D eigenvalue weighted by atomic mass is 16.5. The number of amides is 1. The summed E-state index contributed by atoms with van der Waals surface area (Å²) >= 11 is 0. The summed E-state index contributed by atoms with van der Waals surface area (Å²) in [6, 6.07) is 8.41. The molecule has 1 N–H and O–H groups in total. The second kappa shape index (κ2) is 7.79. The zero-order valence-electron chi connectivity index (χ0n) is 14.0. The maximum absolute atomic E-state index is 12.6. The number of benzene rings is 1. The molecule has 126 valence electrons. The molecule has 1 unspecified atom stereocenters. The molecule has 3 rings (SSSR count). The van der Waals surface area contributed by atoms with E-state index in [1.807, 2.05) is 11.9 Å². The van der Waals surface area contributed by atoms with E-state index in [2.05, 4.69) is 34.5 Å². The van der Waals surface area contributed by atoms with Crippen LogP contribution in [0.15, 0.2) is 24.3 Å². The molecule has 0 aromatic heterocycles. The highest BCUT2D eigenvalue weighted by Crippen LogP contribution is 2.23. The first-order chi connectivity index (χ1) is 11.3. The van der Waals surface area contributed by atoms with Gasteiger partial charge in [-0.2, -0.15) is 0 Å². The van der Waals surface area contributed by atoms with E-state index in [-0.39, 0.29) is 11.8 Å². The van der Waals surface area contributed by atoms with Crippen LogP contribution in [0, 0.1) is 5.92 Å². The molecule has 1 aromatic carbocycles. The van der Waals surface area contributed by atoms with Crippen molar-refractivity contribution in [1.82, 2.24) is 10.2 Å². The Morgan fingerprint density at radius 3 is 2.87 bits per heavy atom. The molecule has 0 bridgehead atoms. The Morgan fingerprint density at radius 1 is 1.35 bits per heavy atom. The fourth-order valence-electron chi connectivity index (χ4n) is 3.46. The molecule has 2 saturated heterocycles. The van der Waals surface area contributed by atoms with Gasteiger partial charge in [-0.3, -0.25) is 4.79 Å². The zero-order chi connectivity index (χ0) is 16.1. The van der Waals surface area contributed by atoms with Crippen LogP contribution in [0.3, 0.4) is 0 Å². The topological polar surface area (TPSA) is 44.8 Å². The lowest BCUT2D eigenvalue weighted by molar-refractivity contribution is -0.135. The van der Waals surface area contributed by atoms with Crippen molar-refractivity contribution in [2.75, 3.05) is 51.3 Å². The molecule has 0 spiro atoms. The van der Waals surface area contributed by atoms with Crippen LogP contribution >= 0.6 is 0 Å². The number of anilines is 1. The molecule has 0 radical (unpaired) electrons. The smallest absolute Gasteiger partial charge is 0.227 e. The van der Waals surface area contributed by atoms with Crippen LogP contribution in [-0.4, -0.2) is 57.2 Å². The van der Waals surface area contributed by atoms with Gasteiger partial charge in [0.2, 0.25) is 5.91 Å². The van der Waals surface area contributed by atoms with Gasteiger partial charge >= 0.3 is 0 Å². The van der Waals surface area contributed by atoms with Crippen LogP contribution in [0.1, 0.15) is 18.4 Å². The molecule has 5 heteroatoms. The first-order valence-electron chi connectivity index (χ1n) is 8.62. The van der Waals surface area contributed by atoms with Gasteiger partial charge in [-0.05, 0) is 31.0 Å². The van der Waals surface area contributed by atoms with Crippen LogP contribution in [0.25, 0.3) is 0 Å². The molecule has 23 heavy (non-hydrogen) atoms. The van der Waals surface area contributed by atoms with Gasteiger partial charge < -0.3 is 19.9 Å². The van der Waals surface area contributed by atoms with Crippen LogP contribution in [0.4, 0.5) is 5.69 Å². The number of carbonyl (C=O) groups excluding carboxylic acids is 1. The monoisotopic (exact) mass is 317 g/mol. The van der Waals surface area contributed by atoms with Gasteiger partial charge in [0.1, 0.15) is 0 Å². The first kappa shape index (κ1) is 16.3. The van der Waals surface area contributed by atoms with E-state index in [9.17, 15) is 4.79 Å². The van der Waals surface area contributed by atoms with E-state index in [0.29, 0.717) is 6.54 Å². The number of hydrogen-bond donors (Lipinski definition) is 1. The predicted molar refractivity (Wildman–Crippen MR) is 91.5 cm³/mol. The number of hydrogen-bond acceptors (Lipinski definition) is 4. The number of rotatable bonds is 4. The third kappa shape index (κ3) is 4.03. The molecule has 0 saturated carbocycles. The highest BCUT2D eigenvalue weighted by molar-refractivity contribution is 5.79. The fourth-order valence-corrected chi connectivity index (χ4v) is 3.46. The minimum absolute atomic E-state index is 0.129. The molecule has 1 aromatic rings. The highest BCUT2D eigenvalue weighted by Gasteiger charge is 2.24. The molecule has 2 aliphatic rings. The lowest BCUT2D eigenvalue weighted by atomic mass is 9.98. The Bertz CT molecular complexity index is 523. The summed E-state index contributed by atoms with van der Waals surface area (Å²) in [5, 5.41) is 3.33. The number of carbonyl (C=O) groups is 1. The molecule has 2 aliphatic heterocycles. The van der Waals surface area contributed by atoms with Crippen LogP contribution < -0.4 is 10.2 Å². The number of nitrogens with one attached hydrogen (secondary N) is 1. The van der Waals surface area contributed by atoms with Gasteiger partial charge in [-0.15, -0.1) is 0 Å². The SMILES string of the molecule is CN(Cc1ccccc1N1CCOCC1)C(=O)C1CCCNC1. The minimum Gasteiger partial charge on any atom is -0.378 e. The lowest BCUT2D eigenvalue weighted by Crippen LogP contribution is -2.41. The normalized spacial score (nSPS) is 22.0. The van der Waals surface area contributed by atoms with Gasteiger partial charge in [0, 0.05) is 38.9 Å². The second-order valence-corrected chi connectivity index (χ2v) is 6.47. The maximum atomic E-state index is 12.6. The van der Waals surface area contributed by atoms with E-state index in [4.69, 9.17) is 4.74 Å². The third-order valence-corrected chi connectivity index (χ3v) is 4.77. The average molecular weight is 317 g/mol. The van der Waals surface area contributed by atoms with Gasteiger partial charge in [-0.1, -0.05) is 18.2 Å². The van der Waals surface area contributed by atoms with E-state index < -0.39 is 0 Å². The van der Waals surface area contributed by atoms with Crippen molar-refractivity contribution >= 4 is 11.6 Å². The van der Waals surface area contributed by atoms with Crippen LogP contribution in [0.5, 0.6) is 0 Å². The zero-order valence-corrected chi connectivity index (χ0v) is 14.0. The molecule has 0 aliphatic carbocycles. The summed E-state index contributed by atoms with van der Waals surface area (Å²) in [5.41, 5.74) is 2.45. The van der Waals surface area contributed by atoms with Crippen molar-refractivity contribution in [2.24, 2.45) is 5.92 Å². The second-order valence-electron chi connectivity index (χ2n) is 6.47. The van der Waals surface area contributed by atoms with Gasteiger partial charge in [0.05, 0.1) is 19.1 Å². The van der Waals surface area contributed by atoms with Gasteiger partial charge in [0.25, 0.3) is 0 Å². The summed E-state index contributed by atoms with van der Waals surface area (Å²) in [6.07, 6.45) is 2.09. The molecule has 5 nitrogen and oxygen atoms in total. The molecular formula is C18H27N3O2. The average Bonchev–Trinajstić information content (AvgIpc) is 2.63. The first-order valence-corrected chi connectivity index (χ1v) is 8.62. The Labute approximate surface area is 138 Å². The van der Waals surface area contributed by atoms with Gasteiger partial charge in [0.15, 0.2) is 0 Å². The van der Waals surface area contributed by atoms with Crippen molar-refractivity contribution in [3.8, 4) is 0 Å². The molecular weight excluding hydrogens is 290 g/mol. The van der Waals surface area contributed by atoms with Crippen molar-refractivity contribution in [2.45, 2.75) is 19.4 Å². The minimum atomic E-state index is 0.129. The summed E-state index contributed by atoms with van der Waals surface area (Å²) in [7, 11) is 1.92. The number of ether oxygens (including phenoxy) is 1. The number of piperidine rings is 1. The van der Waals surface area contributed by atoms with Crippen LogP contribution in [0.2, 0.25) is 0 Å². The molecule has 2 fully saturated rings. The van der Waals surface area contributed by atoms with E-state index in [0.717, 1.165) is 52.2 Å². The summed E-state index contributed by atoms with van der Waals surface area (Å²) in [6.45, 7) is 5.90. The fraction of sp³-hybridized carbons (Fsp3) is 0.611. The van der Waals surface area contributed by atoms with Crippen molar-refractivity contribution in [1.29, 1.82) is 0 Å². The largest absolute Gasteiger partial charge is 0.378 e. The molecule has 1 amide bonds. The van der Waals surface area contributed by atoms with Crippen molar-refractivity contribution in [3.05, 3.63) is 29.8 Å². The van der Waals surface area contributed by atoms with Crippen molar-refractivity contribution in [3.63, 3.8) is 0 Å². The third-order valence-electron chi connectivity index (χ3n) is 4.77. The van der Waals surface area contributed by atoms with Crippen molar-refractivity contribution < 1.29 is 9.53 Å². The lowest BCUT2D eigenvalue weighted by Gasteiger charge is -2.32. The van der Waals surface area contributed by atoms with E-state index in [1.165, 1.54) is 11.3 Å². The Morgan fingerprint density at radius 2 is 2.13 bits per heavy atom. The van der Waals surface area contributed by atoms with E-state index >= 15 is 0 Å². The predicted octanol–water partition coefficient (Wildman–Crippen LogP) is 1.48. The van der Waals surface area contributed by atoms with E-state index in [1.54, 1.807) is 0 Å². The Balaban J connectivity index is 1.67. The standard InChI is InChI=1S/C18H27N3O2/c1-20(18(22)15-6-4-8-19-13-15)14-16-5-2-3-7-17(16)21-9-11-23-12-10-21/h2-3,5,7,15,19H,4,6,8-14H2,1H3. The maximum Gasteiger partial charge on any atom is 0.227 e. The number of para-hydroxylation sites is 1. The van der Waals surface area contributed by atoms with Crippen LogP contribution in [-0.2, 0) is 16.1 Å². The number of morpholine rings is 1.